The van der Waals surface area contributed by atoms with Crippen LogP contribution in [0.2, 0.25) is 0 Å². The summed E-state index contributed by atoms with van der Waals surface area (Å²) in [5.41, 5.74) is 2.44. The van der Waals surface area contributed by atoms with E-state index < -0.39 is 5.41 Å². The number of carbonyl (C=O) groups is 2. The number of rotatable bonds is 5. The van der Waals surface area contributed by atoms with Crippen molar-refractivity contribution >= 4 is 33.4 Å². The molecule has 1 fully saturated rings. The van der Waals surface area contributed by atoms with Crippen LogP contribution in [-0.4, -0.2) is 30.3 Å². The summed E-state index contributed by atoms with van der Waals surface area (Å²) in [6.07, 6.45) is 1.66. The zero-order chi connectivity index (χ0) is 18.0. The van der Waals surface area contributed by atoms with Crippen molar-refractivity contribution < 1.29 is 9.59 Å². The zero-order valence-electron chi connectivity index (χ0n) is 14.4. The first kappa shape index (κ1) is 17.7. The fourth-order valence-corrected chi connectivity index (χ4v) is 3.27. The molecule has 0 radical (unpaired) electrons. The first-order chi connectivity index (χ1) is 11.9. The molecule has 2 amide bonds. The van der Waals surface area contributed by atoms with E-state index in [0.29, 0.717) is 0 Å². The van der Waals surface area contributed by atoms with E-state index in [1.165, 1.54) is 4.90 Å². The number of benzene rings is 2. The van der Waals surface area contributed by atoms with Gasteiger partial charge >= 0.3 is 0 Å². The summed E-state index contributed by atoms with van der Waals surface area (Å²) >= 11 is 3.42. The molecule has 0 saturated heterocycles. The highest BCUT2D eigenvalue weighted by Gasteiger charge is 2.52. The van der Waals surface area contributed by atoms with Crippen molar-refractivity contribution in [2.75, 3.05) is 18.9 Å². The maximum atomic E-state index is 12.9. The molecular formula is C20H21BrN2O2. The van der Waals surface area contributed by atoms with Gasteiger partial charge in [-0.25, -0.2) is 0 Å². The van der Waals surface area contributed by atoms with Crippen LogP contribution in [-0.2, 0) is 15.0 Å². The molecule has 2 aromatic carbocycles. The molecule has 0 aromatic heterocycles. The lowest BCUT2D eigenvalue weighted by molar-refractivity contribution is -0.135. The van der Waals surface area contributed by atoms with Crippen molar-refractivity contribution in [2.24, 2.45) is 0 Å². The van der Waals surface area contributed by atoms with E-state index in [2.05, 4.69) is 21.2 Å². The van der Waals surface area contributed by atoms with E-state index >= 15 is 0 Å². The van der Waals surface area contributed by atoms with Gasteiger partial charge in [-0.1, -0.05) is 45.8 Å². The van der Waals surface area contributed by atoms with Crippen molar-refractivity contribution in [2.45, 2.75) is 25.2 Å². The minimum Gasteiger partial charge on any atom is -0.336 e. The minimum absolute atomic E-state index is 0.00822. The maximum Gasteiger partial charge on any atom is 0.243 e. The quantitative estimate of drug-likeness (QED) is 0.827. The molecule has 0 aliphatic heterocycles. The summed E-state index contributed by atoms with van der Waals surface area (Å²) in [6.45, 7) is 2.04. The maximum absolute atomic E-state index is 12.9. The highest BCUT2D eigenvalue weighted by Crippen LogP contribution is 2.49. The molecule has 0 unspecified atom stereocenters. The Labute approximate surface area is 156 Å². The fourth-order valence-electron chi connectivity index (χ4n) is 3.01. The van der Waals surface area contributed by atoms with Gasteiger partial charge in [0, 0.05) is 17.2 Å². The van der Waals surface area contributed by atoms with Gasteiger partial charge in [0.15, 0.2) is 0 Å². The van der Waals surface area contributed by atoms with E-state index in [4.69, 9.17) is 0 Å². The smallest absolute Gasteiger partial charge is 0.243 e. The highest BCUT2D eigenvalue weighted by molar-refractivity contribution is 9.10. The van der Waals surface area contributed by atoms with Gasteiger partial charge in [0.05, 0.1) is 12.0 Å². The number of hydrogen-bond acceptors (Lipinski definition) is 2. The Morgan fingerprint density at radius 2 is 1.68 bits per heavy atom. The normalized spacial score (nSPS) is 14.7. The monoisotopic (exact) mass is 400 g/mol. The number of nitrogens with zero attached hydrogens (tertiary/aromatic N) is 1. The summed E-state index contributed by atoms with van der Waals surface area (Å²) in [5.74, 6) is -0.180. The first-order valence-corrected chi connectivity index (χ1v) is 9.08. The first-order valence-electron chi connectivity index (χ1n) is 8.29. The third-order valence-electron chi connectivity index (χ3n) is 4.62. The molecule has 0 heterocycles. The largest absolute Gasteiger partial charge is 0.336 e. The standard InChI is InChI=1S/C20H21BrN2O2/c1-14-3-9-17(10-4-14)22-18(24)13-23(2)19(25)20(11-12-20)15-5-7-16(21)8-6-15/h3-10H,11-13H2,1-2H3,(H,22,24). The van der Waals surface area contributed by atoms with Gasteiger partial charge in [-0.2, -0.15) is 0 Å². The predicted molar refractivity (Wildman–Crippen MR) is 102 cm³/mol. The van der Waals surface area contributed by atoms with Gasteiger partial charge in [-0.05, 0) is 49.6 Å². The molecule has 25 heavy (non-hydrogen) atoms. The van der Waals surface area contributed by atoms with Crippen molar-refractivity contribution in [1.82, 2.24) is 4.90 Å². The molecule has 3 rings (SSSR count). The summed E-state index contributed by atoms with van der Waals surface area (Å²) < 4.78 is 0.991. The number of nitrogens with one attached hydrogen (secondary N) is 1. The number of hydrogen-bond donors (Lipinski definition) is 1. The minimum atomic E-state index is -0.459. The van der Waals surface area contributed by atoms with Crippen LogP contribution in [0.5, 0.6) is 0 Å². The fraction of sp³-hybridized carbons (Fsp3) is 0.300. The lowest BCUT2D eigenvalue weighted by Crippen LogP contribution is -2.41. The van der Waals surface area contributed by atoms with Crippen LogP contribution in [0, 0.1) is 6.92 Å². The zero-order valence-corrected chi connectivity index (χ0v) is 16.0. The second kappa shape index (κ2) is 7.00. The van der Waals surface area contributed by atoms with Crippen LogP contribution in [0.15, 0.2) is 53.0 Å². The molecule has 130 valence electrons. The number of halogens is 1. The summed E-state index contributed by atoms with van der Waals surface area (Å²) in [7, 11) is 1.69. The molecule has 2 aromatic rings. The van der Waals surface area contributed by atoms with Gasteiger partial charge in [-0.3, -0.25) is 9.59 Å². The molecular weight excluding hydrogens is 380 g/mol. The average molecular weight is 401 g/mol. The Morgan fingerprint density at radius 1 is 1.08 bits per heavy atom. The van der Waals surface area contributed by atoms with E-state index in [9.17, 15) is 9.59 Å². The van der Waals surface area contributed by atoms with Crippen LogP contribution >= 0.6 is 15.9 Å². The topological polar surface area (TPSA) is 49.4 Å². The molecule has 1 aliphatic carbocycles. The number of carbonyl (C=O) groups excluding carboxylic acids is 2. The van der Waals surface area contributed by atoms with Crippen molar-refractivity contribution in [1.29, 1.82) is 0 Å². The molecule has 0 bridgehead atoms. The van der Waals surface area contributed by atoms with E-state index in [0.717, 1.165) is 34.1 Å². The van der Waals surface area contributed by atoms with Crippen LogP contribution in [0.4, 0.5) is 5.69 Å². The molecule has 1 N–H and O–H groups in total. The number of aryl methyl sites for hydroxylation is 1. The highest BCUT2D eigenvalue weighted by atomic mass is 79.9. The molecule has 1 saturated carbocycles. The number of likely N-dealkylation sites (N-methyl/N-ethyl adjacent to an activating group) is 1. The Bertz CT molecular complexity index is 780. The van der Waals surface area contributed by atoms with E-state index in [1.54, 1.807) is 7.05 Å². The summed E-state index contributed by atoms with van der Waals surface area (Å²) in [6, 6.07) is 15.5. The van der Waals surface area contributed by atoms with Gasteiger partial charge in [0.25, 0.3) is 0 Å². The third kappa shape index (κ3) is 3.93. The summed E-state index contributed by atoms with van der Waals surface area (Å²) in [4.78, 5) is 26.6. The molecule has 0 spiro atoms. The van der Waals surface area contributed by atoms with Crippen molar-refractivity contribution in [3.63, 3.8) is 0 Å². The molecule has 1 aliphatic rings. The molecule has 4 nitrogen and oxygen atoms in total. The van der Waals surface area contributed by atoms with Gasteiger partial charge in [-0.15, -0.1) is 0 Å². The van der Waals surface area contributed by atoms with Crippen molar-refractivity contribution in [3.05, 3.63) is 64.1 Å². The Morgan fingerprint density at radius 3 is 2.24 bits per heavy atom. The third-order valence-corrected chi connectivity index (χ3v) is 5.15. The predicted octanol–water partition coefficient (Wildman–Crippen LogP) is 3.89. The van der Waals surface area contributed by atoms with Crippen molar-refractivity contribution in [3.8, 4) is 0 Å². The molecule has 0 atom stereocenters. The van der Waals surface area contributed by atoms with Crippen LogP contribution in [0.25, 0.3) is 0 Å². The lowest BCUT2D eigenvalue weighted by Gasteiger charge is -2.23. The van der Waals surface area contributed by atoms with Crippen LogP contribution < -0.4 is 5.32 Å². The van der Waals surface area contributed by atoms with Gasteiger partial charge in [0.2, 0.25) is 11.8 Å². The second-order valence-corrected chi connectivity index (χ2v) is 7.58. The van der Waals surface area contributed by atoms with E-state index in [1.807, 2.05) is 55.5 Å². The Balaban J connectivity index is 1.63. The summed E-state index contributed by atoms with van der Waals surface area (Å²) in [5, 5.41) is 2.83. The van der Waals surface area contributed by atoms with Crippen LogP contribution in [0.1, 0.15) is 24.0 Å². The van der Waals surface area contributed by atoms with Crippen LogP contribution in [0.3, 0.4) is 0 Å². The number of anilines is 1. The Hall–Kier alpha value is -2.14. The second-order valence-electron chi connectivity index (χ2n) is 6.66. The van der Waals surface area contributed by atoms with Gasteiger partial charge in [0.1, 0.15) is 0 Å². The SMILES string of the molecule is Cc1ccc(NC(=O)CN(C)C(=O)C2(c3ccc(Br)cc3)CC2)cc1. The molecule has 5 heteroatoms. The Kier molecular flexibility index (Phi) is 4.95. The van der Waals surface area contributed by atoms with Gasteiger partial charge < -0.3 is 10.2 Å². The lowest BCUT2D eigenvalue weighted by atomic mass is 9.94. The number of amides is 2. The van der Waals surface area contributed by atoms with E-state index in [-0.39, 0.29) is 18.4 Å². The average Bonchev–Trinajstić information content (AvgIpc) is 3.38.